The third kappa shape index (κ3) is 4.52. The first-order chi connectivity index (χ1) is 27.7. The maximum absolute atomic E-state index is 9.47. The SMILES string of the molecule is [2H]c1c([2H])c([2H])c2c(c1[2H])c1c([2H])c([2H])c([2H])c(-c3nc(-c4ccccc4)nc(-c4ccccc4)n3)c1n2-c1cccc2c1oc1cc(-c3ccccc3)ccc12. The minimum atomic E-state index is -0.484. The molecule has 0 N–H and O–H groups in total. The van der Waals surface area contributed by atoms with E-state index in [0.717, 1.165) is 21.9 Å². The molecule has 7 aromatic carbocycles. The Bertz CT molecular complexity index is 3200. The second-order valence-corrected chi connectivity index (χ2v) is 11.9. The van der Waals surface area contributed by atoms with Gasteiger partial charge in [-0.25, -0.2) is 15.0 Å². The van der Waals surface area contributed by atoms with Crippen molar-refractivity contribution in [3.63, 3.8) is 0 Å². The van der Waals surface area contributed by atoms with Crippen LogP contribution in [-0.2, 0) is 0 Å². The Balaban J connectivity index is 1.38. The molecule has 0 atom stereocenters. The highest BCUT2D eigenvalue weighted by molar-refractivity contribution is 6.15. The van der Waals surface area contributed by atoms with Gasteiger partial charge in [0.05, 0.1) is 26.3 Å². The molecule has 0 amide bonds. The Hall–Kier alpha value is -6.85. The summed E-state index contributed by atoms with van der Waals surface area (Å²) in [6.45, 7) is 0. The first kappa shape index (κ1) is 21.9. The van der Waals surface area contributed by atoms with Crippen LogP contribution in [0, 0.1) is 0 Å². The first-order valence-corrected chi connectivity index (χ1v) is 16.1. The molecule has 0 saturated heterocycles. The molecule has 0 aliphatic rings. The van der Waals surface area contributed by atoms with Crippen LogP contribution >= 0.6 is 0 Å². The highest BCUT2D eigenvalue weighted by Crippen LogP contribution is 2.41. The van der Waals surface area contributed by atoms with E-state index >= 15 is 0 Å². The van der Waals surface area contributed by atoms with Crippen LogP contribution < -0.4 is 0 Å². The molecule has 0 aliphatic carbocycles. The molecule has 10 aromatic rings. The van der Waals surface area contributed by atoms with Gasteiger partial charge in [-0.3, -0.25) is 0 Å². The fourth-order valence-corrected chi connectivity index (χ4v) is 6.66. The Kier molecular flexibility index (Phi) is 4.99. The van der Waals surface area contributed by atoms with Gasteiger partial charge in [0.2, 0.25) is 0 Å². The molecule has 0 radical (unpaired) electrons. The minimum absolute atomic E-state index is 0.0369. The lowest BCUT2D eigenvalue weighted by Crippen LogP contribution is -2.02. The average Bonchev–Trinajstić information content (AvgIpc) is 3.81. The fourth-order valence-electron chi connectivity index (χ4n) is 6.66. The zero-order valence-electron chi connectivity index (χ0n) is 33.3. The van der Waals surface area contributed by atoms with Crippen molar-refractivity contribution in [2.75, 3.05) is 0 Å². The lowest BCUT2D eigenvalue weighted by atomic mass is 10.0. The van der Waals surface area contributed by atoms with E-state index in [1.54, 1.807) is 10.6 Å². The molecular formula is C45H28N4O. The highest BCUT2D eigenvalue weighted by Gasteiger charge is 2.22. The van der Waals surface area contributed by atoms with Crippen LogP contribution in [0.25, 0.3) is 94.7 Å². The summed E-state index contributed by atoms with van der Waals surface area (Å²) in [5.41, 5.74) is 5.09. The van der Waals surface area contributed by atoms with E-state index in [1.807, 2.05) is 121 Å². The van der Waals surface area contributed by atoms with E-state index in [0.29, 0.717) is 39.6 Å². The summed E-state index contributed by atoms with van der Waals surface area (Å²) in [5.74, 6) is 0.665. The summed E-state index contributed by atoms with van der Waals surface area (Å²) in [5, 5.41) is 1.70. The number of hydrogen-bond acceptors (Lipinski definition) is 4. The summed E-state index contributed by atoms with van der Waals surface area (Å²) in [4.78, 5) is 14.6. The summed E-state index contributed by atoms with van der Waals surface area (Å²) >= 11 is 0. The van der Waals surface area contributed by atoms with Gasteiger partial charge >= 0.3 is 0 Å². The largest absolute Gasteiger partial charge is 0.454 e. The number of fused-ring (bicyclic) bond motifs is 6. The van der Waals surface area contributed by atoms with Gasteiger partial charge in [-0.2, -0.15) is 0 Å². The number of hydrogen-bond donors (Lipinski definition) is 0. The molecule has 3 heterocycles. The molecule has 50 heavy (non-hydrogen) atoms. The number of aromatic nitrogens is 4. The quantitative estimate of drug-likeness (QED) is 0.186. The third-order valence-electron chi connectivity index (χ3n) is 8.96. The van der Waals surface area contributed by atoms with E-state index in [9.17, 15) is 4.11 Å². The normalized spacial score (nSPS) is 13.6. The topological polar surface area (TPSA) is 56.7 Å². The predicted molar refractivity (Wildman–Crippen MR) is 203 cm³/mol. The van der Waals surface area contributed by atoms with E-state index in [2.05, 4.69) is 0 Å². The monoisotopic (exact) mass is 647 g/mol. The minimum Gasteiger partial charge on any atom is -0.454 e. The molecule has 0 spiro atoms. The van der Waals surface area contributed by atoms with Crippen LogP contribution in [0.4, 0.5) is 0 Å². The summed E-state index contributed by atoms with van der Waals surface area (Å²) in [6, 6.07) is 37.3. The number of benzene rings is 7. The van der Waals surface area contributed by atoms with Gasteiger partial charge in [-0.15, -0.1) is 0 Å². The van der Waals surface area contributed by atoms with E-state index in [4.69, 9.17) is 24.9 Å². The number of rotatable bonds is 5. The van der Waals surface area contributed by atoms with E-state index in [1.165, 1.54) is 0 Å². The summed E-state index contributed by atoms with van der Waals surface area (Å²) < 4.78 is 72.1. The van der Waals surface area contributed by atoms with Crippen molar-refractivity contribution in [2.45, 2.75) is 0 Å². The molecule has 10 rings (SSSR count). The molecule has 0 saturated carbocycles. The van der Waals surface area contributed by atoms with Crippen LogP contribution in [0.2, 0.25) is 0 Å². The van der Waals surface area contributed by atoms with Gasteiger partial charge in [0.1, 0.15) is 5.58 Å². The summed E-state index contributed by atoms with van der Waals surface area (Å²) in [7, 11) is 0. The predicted octanol–water partition coefficient (Wildman–Crippen LogP) is 11.5. The second kappa shape index (κ2) is 11.4. The van der Waals surface area contributed by atoms with Crippen LogP contribution in [0.5, 0.6) is 0 Å². The van der Waals surface area contributed by atoms with Crippen molar-refractivity contribution < 1.29 is 14.0 Å². The smallest absolute Gasteiger partial charge is 0.166 e. The molecule has 0 bridgehead atoms. The van der Waals surface area contributed by atoms with Gasteiger partial charge in [0.25, 0.3) is 0 Å². The standard InChI is InChI=1S/C45H28N4O/c1-4-14-29(15-5-1)32-26-27-34-36-22-13-25-39(42(36)50-40(34)28-32)49-38-24-11-10-20-33(38)35-21-12-23-37(41(35)49)45-47-43(30-16-6-2-7-17-30)46-44(48-45)31-18-8-3-9-19-31/h1-28H/i10D,11D,12D,20D,21D,23D,24D. The van der Waals surface area contributed by atoms with Gasteiger partial charge in [0.15, 0.2) is 23.1 Å². The van der Waals surface area contributed by atoms with Gasteiger partial charge in [0, 0.05) is 38.2 Å². The molecule has 234 valence electrons. The number of para-hydroxylation sites is 3. The highest BCUT2D eigenvalue weighted by atomic mass is 16.3. The van der Waals surface area contributed by atoms with Crippen LogP contribution in [0.1, 0.15) is 9.60 Å². The molecular weight excluding hydrogens is 613 g/mol. The molecule has 5 heteroatoms. The van der Waals surface area contributed by atoms with Crippen molar-refractivity contribution in [3.05, 3.63) is 170 Å². The molecule has 5 nitrogen and oxygen atoms in total. The Labute approximate surface area is 297 Å². The zero-order valence-corrected chi connectivity index (χ0v) is 26.3. The molecule has 0 aliphatic heterocycles. The van der Waals surface area contributed by atoms with E-state index in [-0.39, 0.29) is 57.4 Å². The van der Waals surface area contributed by atoms with Crippen molar-refractivity contribution in [3.8, 4) is 51.0 Å². The lowest BCUT2D eigenvalue weighted by Gasteiger charge is -2.13. The molecule has 3 aromatic heterocycles. The van der Waals surface area contributed by atoms with Crippen LogP contribution in [0.15, 0.2) is 174 Å². The van der Waals surface area contributed by atoms with Gasteiger partial charge in [-0.05, 0) is 41.4 Å². The van der Waals surface area contributed by atoms with Crippen LogP contribution in [-0.4, -0.2) is 19.5 Å². The second-order valence-electron chi connectivity index (χ2n) is 11.9. The Morgan fingerprint density at radius 2 is 1.12 bits per heavy atom. The molecule has 0 fully saturated rings. The molecule has 0 unspecified atom stereocenters. The van der Waals surface area contributed by atoms with E-state index < -0.39 is 18.1 Å². The van der Waals surface area contributed by atoms with Crippen molar-refractivity contribution in [1.29, 1.82) is 0 Å². The third-order valence-corrected chi connectivity index (χ3v) is 8.96. The first-order valence-electron chi connectivity index (χ1n) is 19.6. The summed E-state index contributed by atoms with van der Waals surface area (Å²) in [6.07, 6.45) is 0. The lowest BCUT2D eigenvalue weighted by molar-refractivity contribution is 0.666. The average molecular weight is 648 g/mol. The fraction of sp³-hybridized carbons (Fsp3) is 0. The van der Waals surface area contributed by atoms with Crippen molar-refractivity contribution in [1.82, 2.24) is 19.5 Å². The maximum atomic E-state index is 9.47. The Morgan fingerprint density at radius 3 is 1.84 bits per heavy atom. The zero-order chi connectivity index (χ0) is 39.1. The van der Waals surface area contributed by atoms with Crippen molar-refractivity contribution >= 4 is 43.7 Å². The van der Waals surface area contributed by atoms with Gasteiger partial charge < -0.3 is 8.98 Å². The number of furan rings is 1. The van der Waals surface area contributed by atoms with Crippen molar-refractivity contribution in [2.24, 2.45) is 0 Å². The number of nitrogens with zero attached hydrogens (tertiary/aromatic N) is 4. The maximum Gasteiger partial charge on any atom is 0.166 e. The van der Waals surface area contributed by atoms with Crippen LogP contribution in [0.3, 0.4) is 0 Å². The van der Waals surface area contributed by atoms with Gasteiger partial charge in [-0.1, -0.05) is 139 Å². The Morgan fingerprint density at radius 1 is 0.480 bits per heavy atom.